The van der Waals surface area contributed by atoms with Crippen LogP contribution in [0.15, 0.2) is 47.1 Å². The summed E-state index contributed by atoms with van der Waals surface area (Å²) < 4.78 is 46.6. The summed E-state index contributed by atoms with van der Waals surface area (Å²) >= 11 is 6.32. The van der Waals surface area contributed by atoms with Crippen LogP contribution in [0.25, 0.3) is 0 Å². The SMILES string of the molecule is COc1cccc([C@@](O)(C(=O)NC[C@@H](C)CC2CCN(C3C=CC(C(=O)N(C)C)=C(Cl)N3)CC2)C(F)(F)F)c1. The van der Waals surface area contributed by atoms with Crippen molar-refractivity contribution >= 4 is 23.4 Å². The fraction of sp³-hybridized carbons (Fsp3) is 0.556. The smallest absolute Gasteiger partial charge is 0.430 e. The van der Waals surface area contributed by atoms with Gasteiger partial charge in [-0.05, 0) is 55.4 Å². The van der Waals surface area contributed by atoms with Gasteiger partial charge in [0.25, 0.3) is 17.4 Å². The highest BCUT2D eigenvalue weighted by molar-refractivity contribution is 6.32. The lowest BCUT2D eigenvalue weighted by atomic mass is 9.87. The summed E-state index contributed by atoms with van der Waals surface area (Å²) in [5.74, 6) is -1.37. The number of aliphatic hydroxyl groups is 1. The van der Waals surface area contributed by atoms with Gasteiger partial charge in [0.05, 0.1) is 18.8 Å². The molecule has 0 radical (unpaired) electrons. The maximum absolute atomic E-state index is 13.9. The second kappa shape index (κ2) is 12.6. The van der Waals surface area contributed by atoms with Crippen molar-refractivity contribution in [1.29, 1.82) is 0 Å². The molecule has 0 saturated carbocycles. The van der Waals surface area contributed by atoms with E-state index in [1.165, 1.54) is 24.1 Å². The second-order valence-corrected chi connectivity index (χ2v) is 10.7. The molecule has 0 bridgehead atoms. The molecule has 12 heteroatoms. The molecule has 1 aromatic rings. The van der Waals surface area contributed by atoms with Crippen LogP contribution in [0, 0.1) is 11.8 Å². The van der Waals surface area contributed by atoms with Gasteiger partial charge in [-0.2, -0.15) is 13.2 Å². The first-order valence-corrected chi connectivity index (χ1v) is 13.2. The van der Waals surface area contributed by atoms with Crippen molar-refractivity contribution in [1.82, 2.24) is 20.4 Å². The number of likely N-dealkylation sites (N-methyl/N-ethyl adjacent to an activating group) is 1. The fourth-order valence-electron chi connectivity index (χ4n) is 4.92. The van der Waals surface area contributed by atoms with Crippen LogP contribution in [0.4, 0.5) is 13.2 Å². The molecule has 2 aliphatic rings. The Hall–Kier alpha value is -2.76. The first-order chi connectivity index (χ1) is 18.3. The van der Waals surface area contributed by atoms with Crippen LogP contribution < -0.4 is 15.4 Å². The minimum Gasteiger partial charge on any atom is -0.497 e. The van der Waals surface area contributed by atoms with Crippen LogP contribution >= 0.6 is 11.6 Å². The molecule has 216 valence electrons. The average Bonchev–Trinajstić information content (AvgIpc) is 2.90. The average molecular weight is 573 g/mol. The van der Waals surface area contributed by atoms with Gasteiger partial charge < -0.3 is 25.4 Å². The van der Waals surface area contributed by atoms with E-state index >= 15 is 0 Å². The number of piperidine rings is 1. The second-order valence-electron chi connectivity index (χ2n) is 10.3. The number of benzene rings is 1. The van der Waals surface area contributed by atoms with E-state index in [0.29, 0.717) is 23.1 Å². The molecule has 8 nitrogen and oxygen atoms in total. The monoisotopic (exact) mass is 572 g/mol. The summed E-state index contributed by atoms with van der Waals surface area (Å²) in [5, 5.41) is 16.3. The third-order valence-electron chi connectivity index (χ3n) is 7.21. The topological polar surface area (TPSA) is 94.1 Å². The molecule has 1 fully saturated rings. The quantitative estimate of drug-likeness (QED) is 0.393. The summed E-state index contributed by atoms with van der Waals surface area (Å²) in [4.78, 5) is 28.6. The Balaban J connectivity index is 1.51. The third-order valence-corrected chi connectivity index (χ3v) is 7.52. The molecule has 0 aromatic heterocycles. The van der Waals surface area contributed by atoms with Crippen LogP contribution in [0.5, 0.6) is 5.75 Å². The molecule has 0 spiro atoms. The minimum atomic E-state index is -5.22. The van der Waals surface area contributed by atoms with Gasteiger partial charge in [-0.15, -0.1) is 0 Å². The van der Waals surface area contributed by atoms with Crippen molar-refractivity contribution in [2.24, 2.45) is 11.8 Å². The summed E-state index contributed by atoms with van der Waals surface area (Å²) in [6, 6.07) is 4.77. The number of rotatable bonds is 9. The molecular formula is C27H36ClF3N4O4. The van der Waals surface area contributed by atoms with E-state index in [2.05, 4.69) is 15.5 Å². The summed E-state index contributed by atoms with van der Waals surface area (Å²) in [5.41, 5.74) is -3.89. The molecule has 1 saturated heterocycles. The maximum Gasteiger partial charge on any atom is 0.430 e. The zero-order valence-electron chi connectivity index (χ0n) is 22.5. The predicted octanol–water partition coefficient (Wildman–Crippen LogP) is 3.32. The molecular weight excluding hydrogens is 537 g/mol. The molecule has 0 aliphatic carbocycles. The fourth-order valence-corrected chi connectivity index (χ4v) is 5.18. The van der Waals surface area contributed by atoms with Crippen molar-refractivity contribution in [2.75, 3.05) is 40.8 Å². The normalized spacial score (nSPS) is 21.1. The zero-order chi connectivity index (χ0) is 29.0. The number of dihydropyridines is 1. The Morgan fingerprint density at radius 2 is 1.95 bits per heavy atom. The Bertz CT molecular complexity index is 1100. The molecule has 1 unspecified atom stereocenters. The van der Waals surface area contributed by atoms with Crippen molar-refractivity contribution in [3.63, 3.8) is 0 Å². The number of alkyl halides is 3. The van der Waals surface area contributed by atoms with E-state index in [4.69, 9.17) is 16.3 Å². The van der Waals surface area contributed by atoms with E-state index in [1.54, 1.807) is 20.2 Å². The molecule has 3 N–H and O–H groups in total. The first-order valence-electron chi connectivity index (χ1n) is 12.8. The van der Waals surface area contributed by atoms with Gasteiger partial charge in [0.1, 0.15) is 10.9 Å². The van der Waals surface area contributed by atoms with Crippen molar-refractivity contribution in [2.45, 2.75) is 44.1 Å². The Morgan fingerprint density at radius 3 is 2.51 bits per heavy atom. The largest absolute Gasteiger partial charge is 0.497 e. The Morgan fingerprint density at radius 1 is 1.28 bits per heavy atom. The van der Waals surface area contributed by atoms with Gasteiger partial charge in [0, 0.05) is 39.3 Å². The molecule has 3 atom stereocenters. The molecule has 39 heavy (non-hydrogen) atoms. The first kappa shape index (κ1) is 30.8. The van der Waals surface area contributed by atoms with Gasteiger partial charge in [0.2, 0.25) is 0 Å². The van der Waals surface area contributed by atoms with Crippen LogP contribution in [0.3, 0.4) is 0 Å². The van der Waals surface area contributed by atoms with Gasteiger partial charge in [-0.1, -0.05) is 30.7 Å². The lowest BCUT2D eigenvalue weighted by molar-refractivity contribution is -0.257. The number of nitrogens with one attached hydrogen (secondary N) is 2. The molecule has 1 aromatic carbocycles. The Labute approximate surface area is 231 Å². The van der Waals surface area contributed by atoms with E-state index in [9.17, 15) is 27.9 Å². The number of ether oxygens (including phenoxy) is 1. The molecule has 2 aliphatic heterocycles. The summed E-state index contributed by atoms with van der Waals surface area (Å²) in [7, 11) is 4.61. The highest BCUT2D eigenvalue weighted by Gasteiger charge is 2.60. The number of carbonyl (C=O) groups is 2. The predicted molar refractivity (Wildman–Crippen MR) is 142 cm³/mol. The van der Waals surface area contributed by atoms with Crippen LogP contribution in [0.1, 0.15) is 31.7 Å². The zero-order valence-corrected chi connectivity index (χ0v) is 23.3. The molecule has 3 rings (SSSR count). The van der Waals surface area contributed by atoms with Crippen molar-refractivity contribution in [3.8, 4) is 5.75 Å². The van der Waals surface area contributed by atoms with E-state index in [-0.39, 0.29) is 30.3 Å². The third kappa shape index (κ3) is 7.06. The highest BCUT2D eigenvalue weighted by atomic mass is 35.5. The summed E-state index contributed by atoms with van der Waals surface area (Å²) in [6.07, 6.45) is 0.733. The lowest BCUT2D eigenvalue weighted by Gasteiger charge is -2.38. The number of carbonyl (C=O) groups excluding carboxylic acids is 2. The molecule has 2 heterocycles. The number of amides is 2. The van der Waals surface area contributed by atoms with Gasteiger partial charge in [-0.3, -0.25) is 14.5 Å². The number of methoxy groups -OCH3 is 1. The van der Waals surface area contributed by atoms with Crippen LogP contribution in [-0.4, -0.2) is 79.9 Å². The Kier molecular flexibility index (Phi) is 9.95. The maximum atomic E-state index is 13.9. The highest BCUT2D eigenvalue weighted by Crippen LogP contribution is 2.40. The number of likely N-dealkylation sites (tertiary alicyclic amines) is 1. The molecule has 2 amide bonds. The number of hydrogen-bond acceptors (Lipinski definition) is 6. The lowest BCUT2D eigenvalue weighted by Crippen LogP contribution is -2.55. The minimum absolute atomic E-state index is 0.00257. The van der Waals surface area contributed by atoms with Crippen LogP contribution in [-0.2, 0) is 15.2 Å². The van der Waals surface area contributed by atoms with E-state index < -0.39 is 23.2 Å². The van der Waals surface area contributed by atoms with E-state index in [0.717, 1.165) is 38.1 Å². The van der Waals surface area contributed by atoms with Gasteiger partial charge in [-0.25, -0.2) is 0 Å². The van der Waals surface area contributed by atoms with Crippen LogP contribution in [0.2, 0.25) is 0 Å². The number of hydrogen-bond donors (Lipinski definition) is 3. The standard InChI is InChI=1S/C27H36ClF3N4O4/c1-17(16-32-25(37)26(38,27(29,30)31)19-6-5-7-20(15-19)39-4)14-18-10-12-35(13-11-18)22-9-8-21(23(28)33-22)24(36)34(2)3/h5-9,15,17-18,22,33,38H,10-14,16H2,1-4H3,(H,32,37)/t17-,22?,26+/m0/s1. The number of halogens is 4. The van der Waals surface area contributed by atoms with Gasteiger partial charge in [0.15, 0.2) is 0 Å². The van der Waals surface area contributed by atoms with Crippen molar-refractivity contribution in [3.05, 3.63) is 52.7 Å². The van der Waals surface area contributed by atoms with Gasteiger partial charge >= 0.3 is 6.18 Å². The van der Waals surface area contributed by atoms with E-state index in [1.807, 2.05) is 13.0 Å². The number of nitrogens with zero attached hydrogens (tertiary/aromatic N) is 2. The summed E-state index contributed by atoms with van der Waals surface area (Å²) in [6.45, 7) is 3.41. The van der Waals surface area contributed by atoms with Crippen molar-refractivity contribution < 1.29 is 32.6 Å².